The molecule has 0 amide bonds. The van der Waals surface area contributed by atoms with Gasteiger partial charge in [-0.25, -0.2) is 4.98 Å². The summed E-state index contributed by atoms with van der Waals surface area (Å²) in [5, 5.41) is 7.00. The standard InChI is InChI=1S/C25H30N7O.Ac/c1-16(2)32-15-28-21-23(27-14-18-12-13-33-22(18)17-6-4-3-5-7-17)30-25(31-24(21)32)29-20-10-8-19(26)9-11-20;/h3-7,12-13,15-16,19-20,26H,8-11,14H2,1-2H3,(H2,27,29,30,31);/q-1;. The first-order chi connectivity index (χ1) is 16.1. The summed E-state index contributed by atoms with van der Waals surface area (Å²) in [6, 6.07) is 12.7. The monoisotopic (exact) mass is 671 g/mol. The summed E-state index contributed by atoms with van der Waals surface area (Å²) >= 11 is 0. The third-order valence-corrected chi connectivity index (χ3v) is 6.27. The van der Waals surface area contributed by atoms with Crippen LogP contribution in [-0.4, -0.2) is 31.6 Å². The van der Waals surface area contributed by atoms with E-state index in [1.165, 1.54) is 0 Å². The zero-order chi connectivity index (χ0) is 22.8. The van der Waals surface area contributed by atoms with E-state index in [1.54, 1.807) is 6.26 Å². The number of benzene rings is 1. The van der Waals surface area contributed by atoms with Gasteiger partial charge in [0.25, 0.3) is 0 Å². The number of rotatable bonds is 7. The first-order valence-electron chi connectivity index (χ1n) is 11.7. The van der Waals surface area contributed by atoms with Gasteiger partial charge in [0.1, 0.15) is 5.76 Å². The number of aromatic nitrogens is 4. The third-order valence-electron chi connectivity index (χ3n) is 6.27. The van der Waals surface area contributed by atoms with Gasteiger partial charge in [-0.05, 0) is 32.8 Å². The minimum absolute atomic E-state index is 0. The number of hydrogen-bond acceptors (Lipinski definition) is 6. The van der Waals surface area contributed by atoms with Gasteiger partial charge in [-0.15, -0.1) is 6.04 Å². The van der Waals surface area contributed by atoms with E-state index in [9.17, 15) is 0 Å². The number of nitrogens with zero attached hydrogens (tertiary/aromatic N) is 4. The molecule has 8 nitrogen and oxygen atoms in total. The fourth-order valence-electron chi connectivity index (χ4n) is 4.40. The molecule has 34 heavy (non-hydrogen) atoms. The Hall–Kier alpha value is -1.95. The van der Waals surface area contributed by atoms with E-state index in [0.29, 0.717) is 24.4 Å². The van der Waals surface area contributed by atoms with Crippen LogP contribution in [-0.2, 0) is 6.54 Å². The summed E-state index contributed by atoms with van der Waals surface area (Å²) in [4.78, 5) is 14.2. The van der Waals surface area contributed by atoms with Crippen molar-refractivity contribution in [3.05, 3.63) is 60.3 Å². The van der Waals surface area contributed by atoms with Crippen molar-refractivity contribution in [3.63, 3.8) is 0 Å². The Morgan fingerprint density at radius 2 is 1.85 bits per heavy atom. The van der Waals surface area contributed by atoms with Crippen LogP contribution in [0.3, 0.4) is 0 Å². The van der Waals surface area contributed by atoms with Crippen molar-refractivity contribution < 1.29 is 48.5 Å². The summed E-state index contributed by atoms with van der Waals surface area (Å²) in [5.74, 6) is 2.17. The molecule has 1 fully saturated rings. The SMILES string of the molecule is CC(C)n1cnc2c(NCc3ccoc3-c3ccccc3)nc(NC3CCC([NH-])CC3)nc21.[Ac]. The minimum Gasteiger partial charge on any atom is -0.675 e. The third kappa shape index (κ3) is 5.48. The minimum atomic E-state index is 0. The Labute approximate surface area is 235 Å². The summed E-state index contributed by atoms with van der Waals surface area (Å²) in [7, 11) is 0. The summed E-state index contributed by atoms with van der Waals surface area (Å²) < 4.78 is 7.85. The van der Waals surface area contributed by atoms with Gasteiger partial charge in [-0.1, -0.05) is 43.2 Å². The Bertz CT molecular complexity index is 1210. The van der Waals surface area contributed by atoms with E-state index in [1.807, 2.05) is 42.7 Å². The number of nitrogens with one attached hydrogen (secondary N) is 3. The van der Waals surface area contributed by atoms with Crippen molar-refractivity contribution in [3.8, 4) is 11.3 Å². The van der Waals surface area contributed by atoms with Gasteiger partial charge < -0.3 is 25.4 Å². The van der Waals surface area contributed by atoms with Crippen LogP contribution in [0.5, 0.6) is 0 Å². The van der Waals surface area contributed by atoms with Crippen molar-refractivity contribution in [1.82, 2.24) is 19.5 Å². The van der Waals surface area contributed by atoms with Crippen molar-refractivity contribution in [2.45, 2.75) is 64.2 Å². The van der Waals surface area contributed by atoms with Crippen LogP contribution in [0.1, 0.15) is 51.1 Å². The fraction of sp³-hybridized carbons (Fsp3) is 0.400. The van der Waals surface area contributed by atoms with E-state index < -0.39 is 0 Å². The number of imidazole rings is 1. The molecule has 0 atom stereocenters. The molecular weight excluding hydrogens is 641 g/mol. The predicted molar refractivity (Wildman–Crippen MR) is 131 cm³/mol. The van der Waals surface area contributed by atoms with Crippen LogP contribution >= 0.6 is 0 Å². The molecule has 0 bridgehead atoms. The van der Waals surface area contributed by atoms with E-state index in [2.05, 4.69) is 34.0 Å². The van der Waals surface area contributed by atoms with Gasteiger partial charge in [0.15, 0.2) is 17.0 Å². The number of furan rings is 1. The summed E-state index contributed by atoms with van der Waals surface area (Å²) in [6.07, 6.45) is 7.32. The van der Waals surface area contributed by atoms with Gasteiger partial charge in [-0.3, -0.25) is 0 Å². The second-order valence-electron chi connectivity index (χ2n) is 9.00. The fourth-order valence-corrected chi connectivity index (χ4v) is 4.40. The van der Waals surface area contributed by atoms with Gasteiger partial charge in [0.05, 0.1) is 12.6 Å². The van der Waals surface area contributed by atoms with Crippen molar-refractivity contribution in [2.75, 3.05) is 10.6 Å². The maximum absolute atomic E-state index is 7.95. The number of anilines is 2. The van der Waals surface area contributed by atoms with E-state index in [0.717, 1.165) is 53.7 Å². The molecule has 3 N–H and O–H groups in total. The zero-order valence-electron chi connectivity index (χ0n) is 19.7. The quantitative estimate of drug-likeness (QED) is 0.248. The largest absolute Gasteiger partial charge is 0.675 e. The van der Waals surface area contributed by atoms with E-state index in [4.69, 9.17) is 20.1 Å². The van der Waals surface area contributed by atoms with Crippen molar-refractivity contribution in [1.29, 1.82) is 0 Å². The molecule has 4 aromatic rings. The van der Waals surface area contributed by atoms with Gasteiger partial charge in [-0.2, -0.15) is 9.97 Å². The maximum atomic E-state index is 7.95. The molecule has 175 valence electrons. The Kier molecular flexibility index (Phi) is 8.28. The molecule has 0 saturated heterocycles. The molecule has 1 aliphatic carbocycles. The molecule has 1 aromatic carbocycles. The van der Waals surface area contributed by atoms with Gasteiger partial charge in [0, 0.05) is 73.8 Å². The topological polar surface area (TPSA) is 105 Å². The smallest absolute Gasteiger partial charge is 0.227 e. The molecular formula is C25H30AcN7O-. The molecule has 1 aliphatic rings. The molecule has 5 rings (SSSR count). The molecule has 9 heteroatoms. The summed E-state index contributed by atoms with van der Waals surface area (Å²) in [6.45, 7) is 4.80. The van der Waals surface area contributed by atoms with Crippen molar-refractivity contribution in [2.24, 2.45) is 0 Å². The Morgan fingerprint density at radius 3 is 2.59 bits per heavy atom. The molecule has 0 spiro atoms. The van der Waals surface area contributed by atoms with Gasteiger partial charge in [0.2, 0.25) is 5.95 Å². The Morgan fingerprint density at radius 1 is 1.09 bits per heavy atom. The van der Waals surface area contributed by atoms with Crippen LogP contribution in [0.4, 0.5) is 11.8 Å². The molecule has 3 heterocycles. The first kappa shape index (κ1) is 25.2. The normalized spacial score (nSPS) is 18.1. The number of hydrogen-bond donors (Lipinski definition) is 2. The molecule has 0 aliphatic heterocycles. The first-order valence-corrected chi connectivity index (χ1v) is 11.7. The van der Waals surface area contributed by atoms with E-state index in [-0.39, 0.29) is 56.1 Å². The van der Waals surface area contributed by atoms with Crippen LogP contribution in [0.15, 0.2) is 53.4 Å². The van der Waals surface area contributed by atoms with Crippen LogP contribution < -0.4 is 10.6 Å². The second kappa shape index (κ2) is 11.2. The molecule has 1 radical (unpaired) electrons. The Balaban J connectivity index is 0.00000274. The van der Waals surface area contributed by atoms with Crippen LogP contribution in [0.2, 0.25) is 0 Å². The molecule has 0 unspecified atom stereocenters. The predicted octanol–water partition coefficient (Wildman–Crippen LogP) is 6.05. The number of fused-ring (bicyclic) bond motifs is 1. The van der Waals surface area contributed by atoms with Crippen LogP contribution in [0.25, 0.3) is 28.2 Å². The molecule has 3 aromatic heterocycles. The van der Waals surface area contributed by atoms with E-state index >= 15 is 0 Å². The summed E-state index contributed by atoms with van der Waals surface area (Å²) in [5.41, 5.74) is 11.6. The molecule has 1 saturated carbocycles. The second-order valence-corrected chi connectivity index (χ2v) is 9.00. The van der Waals surface area contributed by atoms with Gasteiger partial charge >= 0.3 is 0 Å². The van der Waals surface area contributed by atoms with Crippen molar-refractivity contribution >= 4 is 22.9 Å². The maximum Gasteiger partial charge on any atom is 0.227 e. The zero-order valence-corrected chi connectivity index (χ0v) is 24.4. The average Bonchev–Trinajstić information content (AvgIpc) is 3.47. The van der Waals surface area contributed by atoms with Crippen LogP contribution in [0, 0.1) is 44.1 Å². The average molecular weight is 672 g/mol.